The molecule has 0 radical (unpaired) electrons. The van der Waals surface area contributed by atoms with E-state index in [0.29, 0.717) is 6.54 Å². The largest absolute Gasteiger partial charge is 0.491 e. The highest BCUT2D eigenvalue weighted by Crippen LogP contribution is 2.31. The second kappa shape index (κ2) is 11.0. The van der Waals surface area contributed by atoms with E-state index in [2.05, 4.69) is 5.32 Å². The van der Waals surface area contributed by atoms with Crippen molar-refractivity contribution in [3.63, 3.8) is 0 Å². The molecule has 0 saturated carbocycles. The van der Waals surface area contributed by atoms with Gasteiger partial charge in [-0.2, -0.15) is 13.2 Å². The number of amides is 2. The fourth-order valence-electron chi connectivity index (χ4n) is 3.25. The van der Waals surface area contributed by atoms with Crippen molar-refractivity contribution in [2.75, 3.05) is 26.3 Å². The Balaban J connectivity index is 1.46. The van der Waals surface area contributed by atoms with Gasteiger partial charge in [0.15, 0.2) is 0 Å². The number of carbonyl (C=O) groups is 2. The summed E-state index contributed by atoms with van der Waals surface area (Å²) in [6, 6.07) is 12.9. The van der Waals surface area contributed by atoms with Gasteiger partial charge in [0.25, 0.3) is 0 Å². The molecule has 1 aliphatic heterocycles. The summed E-state index contributed by atoms with van der Waals surface area (Å²) >= 11 is 0. The molecule has 7 nitrogen and oxygen atoms in total. The van der Waals surface area contributed by atoms with Gasteiger partial charge in [-0.25, -0.2) is 4.79 Å². The van der Waals surface area contributed by atoms with Crippen LogP contribution in [0.2, 0.25) is 0 Å². The van der Waals surface area contributed by atoms with Crippen molar-refractivity contribution >= 4 is 12.0 Å². The first kappa shape index (κ1) is 24.4. The molecule has 2 unspecified atom stereocenters. The van der Waals surface area contributed by atoms with Crippen molar-refractivity contribution in [2.45, 2.75) is 31.9 Å². The maximum Gasteiger partial charge on any atom is 0.416 e. The summed E-state index contributed by atoms with van der Waals surface area (Å²) in [5.41, 5.74) is 0.0174. The van der Waals surface area contributed by atoms with Crippen LogP contribution < -0.4 is 10.1 Å². The maximum absolute atomic E-state index is 12.8. The zero-order valence-electron chi connectivity index (χ0n) is 18.0. The second-order valence-corrected chi connectivity index (χ2v) is 7.54. The fraction of sp³-hybridized carbons (Fsp3) is 0.391. The van der Waals surface area contributed by atoms with Crippen molar-refractivity contribution in [1.29, 1.82) is 0 Å². The van der Waals surface area contributed by atoms with Crippen LogP contribution in [-0.2, 0) is 27.1 Å². The Bertz CT molecular complexity index is 939. The number of halogens is 3. The second-order valence-electron chi connectivity index (χ2n) is 7.54. The van der Waals surface area contributed by atoms with Gasteiger partial charge in [-0.3, -0.25) is 4.79 Å². The fourth-order valence-corrected chi connectivity index (χ4v) is 3.25. The Morgan fingerprint density at radius 2 is 1.94 bits per heavy atom. The van der Waals surface area contributed by atoms with E-state index in [1.807, 2.05) is 30.3 Å². The topological polar surface area (TPSA) is 77.1 Å². The molecular weight excluding hydrogens is 441 g/mol. The smallest absolute Gasteiger partial charge is 0.416 e. The van der Waals surface area contributed by atoms with E-state index >= 15 is 0 Å². The molecule has 2 aromatic carbocycles. The molecule has 1 saturated heterocycles. The lowest BCUT2D eigenvalue weighted by Crippen LogP contribution is -2.53. The van der Waals surface area contributed by atoms with Gasteiger partial charge < -0.3 is 24.4 Å². The molecule has 1 N–H and O–H groups in total. The summed E-state index contributed by atoms with van der Waals surface area (Å²) < 4.78 is 54.7. The Morgan fingerprint density at radius 1 is 1.18 bits per heavy atom. The lowest BCUT2D eigenvalue weighted by atomic mass is 10.2. The van der Waals surface area contributed by atoms with E-state index < -0.39 is 30.0 Å². The highest BCUT2D eigenvalue weighted by Gasteiger charge is 2.31. The number of alkyl halides is 3. The van der Waals surface area contributed by atoms with Crippen LogP contribution in [0.5, 0.6) is 5.75 Å². The van der Waals surface area contributed by atoms with Gasteiger partial charge >= 0.3 is 12.3 Å². The van der Waals surface area contributed by atoms with Crippen LogP contribution in [0.15, 0.2) is 54.6 Å². The number of carbonyl (C=O) groups excluding carboxylic acids is 2. The summed E-state index contributed by atoms with van der Waals surface area (Å²) in [6.45, 7) is 2.36. The van der Waals surface area contributed by atoms with Crippen molar-refractivity contribution in [3.8, 4) is 5.75 Å². The van der Waals surface area contributed by atoms with Crippen molar-refractivity contribution < 1.29 is 37.0 Å². The van der Waals surface area contributed by atoms with Gasteiger partial charge in [0.2, 0.25) is 5.91 Å². The van der Waals surface area contributed by atoms with Crippen LogP contribution in [0.3, 0.4) is 0 Å². The quantitative estimate of drug-likeness (QED) is 0.675. The zero-order valence-corrected chi connectivity index (χ0v) is 18.0. The minimum Gasteiger partial charge on any atom is -0.491 e. The summed E-state index contributed by atoms with van der Waals surface area (Å²) in [5.74, 6) is -0.257. The molecule has 3 rings (SSSR count). The number of ether oxygens (including phenoxy) is 3. The van der Waals surface area contributed by atoms with Crippen LogP contribution in [0, 0.1) is 0 Å². The van der Waals surface area contributed by atoms with E-state index in [1.165, 1.54) is 17.0 Å². The number of hydrogen-bond donors (Lipinski definition) is 1. The molecule has 1 fully saturated rings. The number of rotatable bonds is 7. The van der Waals surface area contributed by atoms with Crippen LogP contribution in [-0.4, -0.2) is 55.3 Å². The third-order valence-electron chi connectivity index (χ3n) is 4.97. The lowest BCUT2D eigenvalue weighted by Gasteiger charge is -2.34. The summed E-state index contributed by atoms with van der Waals surface area (Å²) in [4.78, 5) is 26.2. The molecule has 0 aromatic heterocycles. The van der Waals surface area contributed by atoms with Crippen molar-refractivity contribution in [2.24, 2.45) is 0 Å². The van der Waals surface area contributed by atoms with E-state index in [4.69, 9.17) is 14.2 Å². The monoisotopic (exact) mass is 466 g/mol. The van der Waals surface area contributed by atoms with E-state index in [9.17, 15) is 22.8 Å². The highest BCUT2D eigenvalue weighted by molar-refractivity contribution is 5.85. The van der Waals surface area contributed by atoms with E-state index in [1.54, 1.807) is 6.92 Å². The standard InChI is InChI=1S/C23H25F3N2O5/c1-16(27-22(30)33-14-17-6-3-2-4-7-17)21(29)28-10-11-31-20(13-28)15-32-19-9-5-8-18(12-19)23(24,25)26/h2-9,12,16,20H,10-11,13-15H2,1H3,(H,27,30). The molecule has 0 aliphatic carbocycles. The number of alkyl carbamates (subject to hydrolysis) is 1. The average Bonchev–Trinajstić information content (AvgIpc) is 2.81. The zero-order chi connectivity index (χ0) is 23.8. The van der Waals surface area contributed by atoms with Crippen LogP contribution >= 0.6 is 0 Å². The maximum atomic E-state index is 12.8. The predicted molar refractivity (Wildman–Crippen MR) is 112 cm³/mol. The molecule has 1 aliphatic rings. The molecule has 1 heterocycles. The van der Waals surface area contributed by atoms with E-state index in [-0.39, 0.29) is 38.0 Å². The highest BCUT2D eigenvalue weighted by atomic mass is 19.4. The molecule has 178 valence electrons. The molecule has 0 bridgehead atoms. The van der Waals surface area contributed by atoms with E-state index in [0.717, 1.165) is 17.7 Å². The minimum absolute atomic E-state index is 0.0218. The molecule has 2 amide bonds. The van der Waals surface area contributed by atoms with Crippen LogP contribution in [0.25, 0.3) is 0 Å². The van der Waals surface area contributed by atoms with Gasteiger partial charge in [0, 0.05) is 6.54 Å². The Labute approximate surface area is 189 Å². The third kappa shape index (κ3) is 7.38. The van der Waals surface area contributed by atoms with Crippen molar-refractivity contribution in [1.82, 2.24) is 10.2 Å². The normalized spacial score (nSPS) is 17.2. The molecule has 0 spiro atoms. The van der Waals surface area contributed by atoms with Crippen molar-refractivity contribution in [3.05, 3.63) is 65.7 Å². The average molecular weight is 466 g/mol. The Morgan fingerprint density at radius 3 is 2.67 bits per heavy atom. The summed E-state index contributed by atoms with van der Waals surface area (Å²) in [6.07, 6.45) is -5.69. The lowest BCUT2D eigenvalue weighted by molar-refractivity contribution is -0.142. The third-order valence-corrected chi connectivity index (χ3v) is 4.97. The molecule has 33 heavy (non-hydrogen) atoms. The molecular formula is C23H25F3N2O5. The van der Waals surface area contributed by atoms with Gasteiger partial charge in [-0.1, -0.05) is 36.4 Å². The minimum atomic E-state index is -4.46. The Hall–Kier alpha value is -3.27. The SMILES string of the molecule is CC(NC(=O)OCc1ccccc1)C(=O)N1CCOC(COc2cccc(C(F)(F)F)c2)C1. The number of benzene rings is 2. The first-order valence-corrected chi connectivity index (χ1v) is 10.4. The Kier molecular flexibility index (Phi) is 8.16. The molecule has 2 aromatic rings. The molecule has 10 heteroatoms. The first-order chi connectivity index (χ1) is 15.7. The van der Waals surface area contributed by atoms with Gasteiger partial charge in [-0.15, -0.1) is 0 Å². The summed E-state index contributed by atoms with van der Waals surface area (Å²) in [7, 11) is 0. The number of nitrogens with zero attached hydrogens (tertiary/aromatic N) is 1. The summed E-state index contributed by atoms with van der Waals surface area (Å²) in [5, 5.41) is 2.51. The predicted octanol–water partition coefficient (Wildman–Crippen LogP) is 3.63. The number of hydrogen-bond acceptors (Lipinski definition) is 5. The first-order valence-electron chi connectivity index (χ1n) is 10.4. The van der Waals surface area contributed by atoms with Gasteiger partial charge in [0.05, 0.1) is 18.7 Å². The number of nitrogens with one attached hydrogen (secondary N) is 1. The van der Waals surface area contributed by atoms with Crippen LogP contribution in [0.1, 0.15) is 18.1 Å². The number of morpholine rings is 1. The van der Waals surface area contributed by atoms with Gasteiger partial charge in [-0.05, 0) is 30.7 Å². The molecule has 2 atom stereocenters. The van der Waals surface area contributed by atoms with Crippen LogP contribution in [0.4, 0.5) is 18.0 Å². The van der Waals surface area contributed by atoms with Gasteiger partial charge in [0.1, 0.15) is 31.1 Å².